The fourth-order valence-electron chi connectivity index (χ4n) is 4.00. The van der Waals surface area contributed by atoms with Gasteiger partial charge in [-0.1, -0.05) is 46.9 Å². The van der Waals surface area contributed by atoms with E-state index in [1.54, 1.807) is 31.2 Å². The number of amides is 2. The lowest BCUT2D eigenvalue weighted by molar-refractivity contribution is -0.148. The zero-order valence-electron chi connectivity index (χ0n) is 18.0. The number of likely N-dealkylation sites (N-methyl/N-ethyl adjacent to an activating group) is 1. The molecule has 180 valence electrons. The number of carbonyl (C=O) groups excluding carboxylic acids is 2. The van der Waals surface area contributed by atoms with Crippen molar-refractivity contribution in [2.24, 2.45) is 5.73 Å². The second-order valence-corrected chi connectivity index (χ2v) is 11.0. The van der Waals surface area contributed by atoms with E-state index >= 15 is 0 Å². The summed E-state index contributed by atoms with van der Waals surface area (Å²) in [4.78, 5) is 28.8. The van der Waals surface area contributed by atoms with E-state index < -0.39 is 28.0 Å². The number of hydrogen-bond donors (Lipinski definition) is 1. The van der Waals surface area contributed by atoms with E-state index in [0.29, 0.717) is 5.02 Å². The number of sulfonamides is 1. The van der Waals surface area contributed by atoms with E-state index in [1.165, 1.54) is 34.2 Å². The van der Waals surface area contributed by atoms with Gasteiger partial charge in [0.15, 0.2) is 0 Å². The van der Waals surface area contributed by atoms with Crippen molar-refractivity contribution in [3.8, 4) is 0 Å². The molecule has 0 saturated carbocycles. The molecule has 2 aliphatic rings. The highest BCUT2D eigenvalue weighted by Gasteiger charge is 2.49. The largest absolute Gasteiger partial charge is 0.318 e. The number of hydrogen-bond acceptors (Lipinski definition) is 5. The molecule has 0 spiro atoms. The lowest BCUT2D eigenvalue weighted by Crippen LogP contribution is -2.66. The van der Waals surface area contributed by atoms with Crippen LogP contribution in [-0.4, -0.2) is 59.5 Å². The van der Waals surface area contributed by atoms with Gasteiger partial charge >= 0.3 is 0 Å². The van der Waals surface area contributed by atoms with Gasteiger partial charge in [-0.15, -0.1) is 0 Å². The molecule has 2 amide bonds. The summed E-state index contributed by atoms with van der Waals surface area (Å²) >= 11 is 18.1. The number of nitrogens with two attached hydrogens (primary N) is 1. The highest BCUT2D eigenvalue weighted by molar-refractivity contribution is 7.89. The van der Waals surface area contributed by atoms with Gasteiger partial charge in [0.25, 0.3) is 10.0 Å². The van der Waals surface area contributed by atoms with Crippen LogP contribution in [-0.2, 0) is 26.0 Å². The molecule has 2 aromatic rings. The number of rotatable bonds is 5. The van der Waals surface area contributed by atoms with Crippen LogP contribution in [0, 0.1) is 0 Å². The highest BCUT2D eigenvalue weighted by Crippen LogP contribution is 2.35. The van der Waals surface area contributed by atoms with Crippen molar-refractivity contribution in [2.45, 2.75) is 30.3 Å². The van der Waals surface area contributed by atoms with Crippen molar-refractivity contribution in [3.63, 3.8) is 0 Å². The molecule has 4 rings (SSSR count). The molecule has 2 atom stereocenters. The van der Waals surface area contributed by atoms with E-state index in [9.17, 15) is 18.0 Å². The normalized spacial score (nSPS) is 21.0. The molecule has 2 N–H and O–H groups in total. The topological polar surface area (TPSA) is 104 Å². The van der Waals surface area contributed by atoms with Crippen molar-refractivity contribution >= 4 is 56.6 Å². The summed E-state index contributed by atoms with van der Waals surface area (Å²) in [6.45, 7) is 1.74. The Hall–Kier alpha value is -2.30. The van der Waals surface area contributed by atoms with Gasteiger partial charge in [0, 0.05) is 29.2 Å². The Morgan fingerprint density at radius 1 is 1.00 bits per heavy atom. The summed E-state index contributed by atoms with van der Waals surface area (Å²) in [5.74, 6) is -0.841. The third kappa shape index (κ3) is 4.38. The minimum absolute atomic E-state index is 0.0399. The number of halogens is 3. The monoisotopic (exact) mass is 542 g/mol. The van der Waals surface area contributed by atoms with E-state index in [0.717, 1.165) is 9.87 Å². The van der Waals surface area contributed by atoms with Crippen LogP contribution in [0.1, 0.15) is 12.5 Å². The molecule has 2 aliphatic heterocycles. The van der Waals surface area contributed by atoms with Crippen LogP contribution in [0.5, 0.6) is 0 Å². The molecule has 1 fully saturated rings. The molecule has 0 bridgehead atoms. The lowest BCUT2D eigenvalue weighted by Gasteiger charge is -2.47. The molecular weight excluding hydrogens is 523 g/mol. The van der Waals surface area contributed by atoms with Gasteiger partial charge in [0.05, 0.1) is 11.6 Å². The molecule has 0 aromatic heterocycles. The first kappa shape index (κ1) is 24.8. The van der Waals surface area contributed by atoms with Gasteiger partial charge < -0.3 is 10.6 Å². The molecule has 2 aromatic carbocycles. The fourth-order valence-corrected chi connectivity index (χ4v) is 6.35. The Kier molecular flexibility index (Phi) is 6.85. The molecule has 34 heavy (non-hydrogen) atoms. The smallest absolute Gasteiger partial charge is 0.267 e. The van der Waals surface area contributed by atoms with Crippen LogP contribution in [0.4, 0.5) is 0 Å². The highest BCUT2D eigenvalue weighted by atomic mass is 35.5. The average Bonchev–Trinajstić information content (AvgIpc) is 2.78. The first-order valence-corrected chi connectivity index (χ1v) is 12.9. The van der Waals surface area contributed by atoms with E-state index in [2.05, 4.69) is 0 Å². The Balaban J connectivity index is 1.82. The van der Waals surface area contributed by atoms with Crippen molar-refractivity contribution in [3.05, 3.63) is 75.1 Å². The van der Waals surface area contributed by atoms with Crippen molar-refractivity contribution < 1.29 is 18.0 Å². The van der Waals surface area contributed by atoms with Crippen LogP contribution in [0.25, 0.3) is 0 Å². The van der Waals surface area contributed by atoms with Gasteiger partial charge in [0.1, 0.15) is 22.8 Å². The van der Waals surface area contributed by atoms with Crippen molar-refractivity contribution in [2.75, 3.05) is 13.1 Å². The molecule has 2 unspecified atom stereocenters. The summed E-state index contributed by atoms with van der Waals surface area (Å²) in [7, 11) is -4.24. The van der Waals surface area contributed by atoms with E-state index in [-0.39, 0.29) is 46.2 Å². The Labute approximate surface area is 212 Å². The molecule has 0 radical (unpaired) electrons. The first-order chi connectivity index (χ1) is 16.0. The molecular formula is C22H21Cl3N4O4S. The van der Waals surface area contributed by atoms with Gasteiger partial charge in [-0.25, -0.2) is 12.7 Å². The van der Waals surface area contributed by atoms with Crippen molar-refractivity contribution in [1.82, 2.24) is 14.1 Å². The summed E-state index contributed by atoms with van der Waals surface area (Å²) in [6, 6.07) is 8.73. The number of benzene rings is 2. The minimum Gasteiger partial charge on any atom is -0.318 e. The predicted octanol–water partition coefficient (Wildman–Crippen LogP) is 3.08. The van der Waals surface area contributed by atoms with Gasteiger partial charge in [-0.3, -0.25) is 14.5 Å². The average molecular weight is 544 g/mol. The number of fused-ring (bicyclic) bond motifs is 1. The zero-order valence-corrected chi connectivity index (χ0v) is 21.1. The summed E-state index contributed by atoms with van der Waals surface area (Å²) in [5.41, 5.74) is 6.83. The maximum absolute atomic E-state index is 13.7. The summed E-state index contributed by atoms with van der Waals surface area (Å²) < 4.78 is 28.3. The predicted molar refractivity (Wildman–Crippen MR) is 130 cm³/mol. The second-order valence-electron chi connectivity index (χ2n) is 7.88. The number of carbonyl (C=O) groups is 2. The summed E-state index contributed by atoms with van der Waals surface area (Å²) in [5, 5.41) is 0.739. The van der Waals surface area contributed by atoms with Gasteiger partial charge in [-0.2, -0.15) is 0 Å². The fraction of sp³-hybridized carbons (Fsp3) is 0.273. The van der Waals surface area contributed by atoms with Crippen LogP contribution in [0.3, 0.4) is 0 Å². The van der Waals surface area contributed by atoms with Crippen LogP contribution in [0.15, 0.2) is 59.4 Å². The Bertz CT molecular complexity index is 1280. The quantitative estimate of drug-likeness (QED) is 0.624. The van der Waals surface area contributed by atoms with E-state index in [4.69, 9.17) is 40.5 Å². The third-order valence-corrected chi connectivity index (χ3v) is 8.46. The summed E-state index contributed by atoms with van der Waals surface area (Å²) in [6.07, 6.45) is 1.52. The second kappa shape index (κ2) is 9.39. The molecule has 1 saturated heterocycles. The first-order valence-electron chi connectivity index (χ1n) is 10.4. The molecule has 12 heteroatoms. The SMILES string of the molecule is CCN1C=C2N(C(=O)C(N)CN2S(=O)(=O)c2ccc(Cl)cc2Cl)C(Cc2ccc(Cl)cc2)C1=O. The van der Waals surface area contributed by atoms with Crippen LogP contribution >= 0.6 is 34.8 Å². The Morgan fingerprint density at radius 3 is 2.26 bits per heavy atom. The molecule has 8 nitrogen and oxygen atoms in total. The minimum atomic E-state index is -4.24. The number of nitrogens with zero attached hydrogens (tertiary/aromatic N) is 3. The van der Waals surface area contributed by atoms with E-state index in [1.807, 2.05) is 0 Å². The standard InChI is InChI=1S/C22H21Cl3N4O4S/c1-2-27-12-20-28(34(32,33)19-8-7-15(24)10-16(19)25)11-17(26)21(30)29(20)18(22(27)31)9-13-3-5-14(23)6-4-13/h3-8,10,12,17-18H,2,9,11,26H2,1H3. The van der Waals surface area contributed by atoms with Crippen molar-refractivity contribution in [1.29, 1.82) is 0 Å². The van der Waals surface area contributed by atoms with Crippen LogP contribution < -0.4 is 5.73 Å². The van der Waals surface area contributed by atoms with Crippen LogP contribution in [0.2, 0.25) is 15.1 Å². The molecule has 0 aliphatic carbocycles. The van der Waals surface area contributed by atoms with Gasteiger partial charge in [-0.05, 0) is 42.8 Å². The lowest BCUT2D eigenvalue weighted by atomic mass is 9.99. The maximum atomic E-state index is 13.7. The third-order valence-electron chi connectivity index (χ3n) is 5.72. The Morgan fingerprint density at radius 2 is 1.65 bits per heavy atom. The zero-order chi connectivity index (χ0) is 24.8. The van der Waals surface area contributed by atoms with Gasteiger partial charge in [0.2, 0.25) is 11.8 Å². The molecule has 2 heterocycles. The maximum Gasteiger partial charge on any atom is 0.267 e.